The summed E-state index contributed by atoms with van der Waals surface area (Å²) in [4.78, 5) is 35.5. The van der Waals surface area contributed by atoms with Crippen molar-refractivity contribution in [3.63, 3.8) is 0 Å². The van der Waals surface area contributed by atoms with Gasteiger partial charge in [0.25, 0.3) is 11.4 Å². The van der Waals surface area contributed by atoms with Crippen LogP contribution >= 0.6 is 0 Å². The van der Waals surface area contributed by atoms with E-state index in [1.807, 2.05) is 0 Å². The van der Waals surface area contributed by atoms with Crippen LogP contribution in [0.2, 0.25) is 0 Å². The van der Waals surface area contributed by atoms with Gasteiger partial charge in [-0.2, -0.15) is 0 Å². The molecule has 0 N–H and O–H groups in total. The van der Waals surface area contributed by atoms with Crippen molar-refractivity contribution >= 4 is 23.2 Å². The van der Waals surface area contributed by atoms with Gasteiger partial charge in [0, 0.05) is 32.2 Å². The molecule has 0 radical (unpaired) electrons. The number of nitrogens with zero attached hydrogens (tertiary/aromatic N) is 4. The molecule has 0 saturated carbocycles. The van der Waals surface area contributed by atoms with Crippen molar-refractivity contribution in [2.45, 2.75) is 6.92 Å². The van der Waals surface area contributed by atoms with E-state index in [0.717, 1.165) is 6.07 Å². The van der Waals surface area contributed by atoms with Crippen molar-refractivity contribution in [3.05, 3.63) is 38.4 Å². The van der Waals surface area contributed by atoms with Gasteiger partial charge in [0.15, 0.2) is 0 Å². The van der Waals surface area contributed by atoms with Crippen molar-refractivity contribution in [1.29, 1.82) is 0 Å². The second kappa shape index (κ2) is 6.90. The third-order valence-electron chi connectivity index (χ3n) is 3.51. The van der Waals surface area contributed by atoms with Gasteiger partial charge in [-0.3, -0.25) is 20.2 Å². The van der Waals surface area contributed by atoms with Crippen molar-refractivity contribution in [2.75, 3.05) is 37.7 Å². The number of hydrogen-bond acceptors (Lipinski definition) is 7. The second-order valence-electron chi connectivity index (χ2n) is 4.86. The first-order valence-corrected chi connectivity index (χ1v) is 7.03. The van der Waals surface area contributed by atoms with Crippen LogP contribution in [0.5, 0.6) is 0 Å². The molecule has 0 aromatic heterocycles. The van der Waals surface area contributed by atoms with E-state index in [4.69, 9.17) is 4.74 Å². The quantitative estimate of drug-likeness (QED) is 0.611. The summed E-state index contributed by atoms with van der Waals surface area (Å²) >= 11 is 0. The highest BCUT2D eigenvalue weighted by Crippen LogP contribution is 2.32. The van der Waals surface area contributed by atoms with Gasteiger partial charge in [0.05, 0.1) is 22.5 Å². The zero-order valence-corrected chi connectivity index (χ0v) is 12.5. The van der Waals surface area contributed by atoms with E-state index in [1.54, 1.807) is 11.8 Å². The first kappa shape index (κ1) is 16.5. The summed E-state index contributed by atoms with van der Waals surface area (Å²) in [6.45, 7) is 3.51. The lowest BCUT2D eigenvalue weighted by Gasteiger charge is -2.35. The zero-order valence-electron chi connectivity index (χ0n) is 12.5. The normalized spacial score (nSPS) is 14.5. The van der Waals surface area contributed by atoms with Gasteiger partial charge < -0.3 is 14.5 Å². The Morgan fingerprint density at radius 2 is 1.83 bits per heavy atom. The third kappa shape index (κ3) is 3.65. The second-order valence-corrected chi connectivity index (χ2v) is 4.86. The third-order valence-corrected chi connectivity index (χ3v) is 3.51. The molecule has 1 fully saturated rings. The van der Waals surface area contributed by atoms with Crippen LogP contribution in [0.4, 0.5) is 21.9 Å². The molecular formula is C13H16N4O6. The maximum absolute atomic E-state index is 11.6. The molecule has 1 aliphatic heterocycles. The molecule has 124 valence electrons. The molecule has 2 rings (SSSR count). The van der Waals surface area contributed by atoms with Crippen LogP contribution in [0.3, 0.4) is 0 Å². The molecule has 1 heterocycles. The Morgan fingerprint density at radius 1 is 1.17 bits per heavy atom. The van der Waals surface area contributed by atoms with Gasteiger partial charge in [-0.15, -0.1) is 0 Å². The molecule has 0 atom stereocenters. The van der Waals surface area contributed by atoms with Crippen LogP contribution in [0.25, 0.3) is 0 Å². The van der Waals surface area contributed by atoms with E-state index < -0.39 is 15.9 Å². The zero-order chi connectivity index (χ0) is 17.0. The Bertz CT molecular complexity index is 627. The minimum atomic E-state index is -0.671. The smallest absolute Gasteiger partial charge is 0.409 e. The molecule has 1 aromatic carbocycles. The largest absolute Gasteiger partial charge is 0.450 e. The fourth-order valence-corrected chi connectivity index (χ4v) is 2.38. The number of hydrogen-bond donors (Lipinski definition) is 0. The number of carbonyl (C=O) groups excluding carboxylic acids is 1. The summed E-state index contributed by atoms with van der Waals surface area (Å²) in [5, 5.41) is 21.9. The van der Waals surface area contributed by atoms with E-state index in [9.17, 15) is 25.0 Å². The molecular weight excluding hydrogens is 308 g/mol. The highest BCUT2D eigenvalue weighted by atomic mass is 16.6. The highest BCUT2D eigenvalue weighted by molar-refractivity contribution is 5.70. The lowest BCUT2D eigenvalue weighted by atomic mass is 10.2. The van der Waals surface area contributed by atoms with E-state index in [1.165, 1.54) is 17.0 Å². The Morgan fingerprint density at radius 3 is 2.35 bits per heavy atom. The van der Waals surface area contributed by atoms with Crippen molar-refractivity contribution in [3.8, 4) is 0 Å². The van der Waals surface area contributed by atoms with Crippen LogP contribution in [0.15, 0.2) is 18.2 Å². The summed E-state index contributed by atoms with van der Waals surface area (Å²) in [5.41, 5.74) is -0.335. The molecule has 0 aliphatic carbocycles. The SMILES string of the molecule is CCOC(=O)N1CCN(c2ccc([N+](=O)[O-])cc2[N+](=O)[O-])CC1. The lowest BCUT2D eigenvalue weighted by molar-refractivity contribution is -0.393. The first-order chi connectivity index (χ1) is 10.9. The van der Waals surface area contributed by atoms with Gasteiger partial charge >= 0.3 is 6.09 Å². The van der Waals surface area contributed by atoms with Crippen molar-refractivity contribution < 1.29 is 19.4 Å². The average molecular weight is 324 g/mol. The standard InChI is InChI=1S/C13H16N4O6/c1-2-23-13(18)15-7-5-14(6-8-15)11-4-3-10(16(19)20)9-12(11)17(21)22/h3-4,9H,2,5-8H2,1H3. The van der Waals surface area contributed by atoms with Crippen LogP contribution in [0, 0.1) is 20.2 Å². The van der Waals surface area contributed by atoms with Gasteiger partial charge in [-0.05, 0) is 13.0 Å². The Hall–Kier alpha value is -2.91. The average Bonchev–Trinajstić information content (AvgIpc) is 2.54. The number of non-ortho nitro benzene ring substituents is 1. The molecule has 10 heteroatoms. The summed E-state index contributed by atoms with van der Waals surface area (Å²) in [6.07, 6.45) is -0.412. The molecule has 1 saturated heterocycles. The van der Waals surface area contributed by atoms with E-state index in [-0.39, 0.29) is 18.0 Å². The summed E-state index contributed by atoms with van der Waals surface area (Å²) in [7, 11) is 0. The fourth-order valence-electron chi connectivity index (χ4n) is 2.38. The van der Waals surface area contributed by atoms with Crippen LogP contribution in [-0.2, 0) is 4.74 Å². The molecule has 1 aromatic rings. The number of benzene rings is 1. The number of piperazine rings is 1. The Kier molecular flexibility index (Phi) is 4.94. The maximum Gasteiger partial charge on any atom is 0.409 e. The van der Waals surface area contributed by atoms with Gasteiger partial charge in [-0.25, -0.2) is 4.79 Å². The number of anilines is 1. The predicted octanol–water partition coefficient (Wildman–Crippen LogP) is 1.78. The lowest BCUT2D eigenvalue weighted by Crippen LogP contribution is -2.49. The molecule has 0 unspecified atom stereocenters. The number of ether oxygens (including phenoxy) is 1. The van der Waals surface area contributed by atoms with Crippen LogP contribution in [0.1, 0.15) is 6.92 Å². The minimum absolute atomic E-state index is 0.285. The van der Waals surface area contributed by atoms with Crippen molar-refractivity contribution in [1.82, 2.24) is 4.90 Å². The monoisotopic (exact) mass is 324 g/mol. The number of carbonyl (C=O) groups is 1. The predicted molar refractivity (Wildman–Crippen MR) is 80.6 cm³/mol. The highest BCUT2D eigenvalue weighted by Gasteiger charge is 2.28. The minimum Gasteiger partial charge on any atom is -0.450 e. The van der Waals surface area contributed by atoms with Gasteiger partial charge in [-0.1, -0.05) is 0 Å². The van der Waals surface area contributed by atoms with Crippen LogP contribution in [-0.4, -0.2) is 53.6 Å². The van der Waals surface area contributed by atoms with E-state index in [0.29, 0.717) is 31.9 Å². The van der Waals surface area contributed by atoms with Crippen LogP contribution < -0.4 is 4.90 Å². The molecule has 1 aliphatic rings. The Labute approximate surface area is 131 Å². The van der Waals surface area contributed by atoms with Gasteiger partial charge in [0.1, 0.15) is 5.69 Å². The molecule has 0 spiro atoms. The first-order valence-electron chi connectivity index (χ1n) is 7.03. The molecule has 1 amide bonds. The molecule has 23 heavy (non-hydrogen) atoms. The topological polar surface area (TPSA) is 119 Å². The number of rotatable bonds is 4. The molecule has 0 bridgehead atoms. The maximum atomic E-state index is 11.6. The number of amides is 1. The summed E-state index contributed by atoms with van der Waals surface area (Å²) < 4.78 is 4.91. The molecule has 10 nitrogen and oxygen atoms in total. The number of nitro groups is 2. The van der Waals surface area contributed by atoms with Gasteiger partial charge in [0.2, 0.25) is 0 Å². The summed E-state index contributed by atoms with van der Waals surface area (Å²) in [6, 6.07) is 3.56. The fraction of sp³-hybridized carbons (Fsp3) is 0.462. The number of nitro benzene ring substituents is 2. The Balaban J connectivity index is 2.16. The van der Waals surface area contributed by atoms with E-state index in [2.05, 4.69) is 0 Å². The summed E-state index contributed by atoms with van der Waals surface area (Å²) in [5.74, 6) is 0. The van der Waals surface area contributed by atoms with E-state index >= 15 is 0 Å². The van der Waals surface area contributed by atoms with Crippen molar-refractivity contribution in [2.24, 2.45) is 0 Å².